The summed E-state index contributed by atoms with van der Waals surface area (Å²) in [5.41, 5.74) is 4.80. The zero-order chi connectivity index (χ0) is 19.8. The monoisotopic (exact) mass is 384 g/mol. The van der Waals surface area contributed by atoms with Gasteiger partial charge in [-0.3, -0.25) is 14.7 Å². The molecule has 29 heavy (non-hydrogen) atoms. The van der Waals surface area contributed by atoms with Gasteiger partial charge in [-0.2, -0.15) is 0 Å². The average Bonchev–Trinajstić information content (AvgIpc) is 3.06. The smallest absolute Gasteiger partial charge is 0.231 e. The Bertz CT molecular complexity index is 1100. The molecule has 0 spiro atoms. The molecular formula is C24H20N2O3. The van der Waals surface area contributed by atoms with Gasteiger partial charge in [0.05, 0.1) is 11.1 Å². The van der Waals surface area contributed by atoms with Crippen molar-refractivity contribution in [3.05, 3.63) is 94.5 Å². The molecule has 5 heteroatoms. The van der Waals surface area contributed by atoms with Gasteiger partial charge in [-0.05, 0) is 42.3 Å². The number of carbonyl (C=O) groups is 1. The first kappa shape index (κ1) is 17.6. The number of allylic oxidation sites excluding steroid dienone is 1. The van der Waals surface area contributed by atoms with Gasteiger partial charge in [-0.1, -0.05) is 35.9 Å². The molecule has 0 amide bonds. The molecule has 0 radical (unpaired) electrons. The zero-order valence-electron chi connectivity index (χ0n) is 16.1. The molecule has 2 aliphatic heterocycles. The highest BCUT2D eigenvalue weighted by molar-refractivity contribution is 6.15. The predicted molar refractivity (Wildman–Crippen MR) is 110 cm³/mol. The third-order valence-corrected chi connectivity index (χ3v) is 5.19. The Morgan fingerprint density at radius 3 is 2.79 bits per heavy atom. The molecule has 0 bridgehead atoms. The first-order chi connectivity index (χ1) is 14.2. The second-order valence-corrected chi connectivity index (χ2v) is 7.39. The van der Waals surface area contributed by atoms with Crippen molar-refractivity contribution in [3.8, 4) is 11.5 Å². The summed E-state index contributed by atoms with van der Waals surface area (Å²) in [4.78, 5) is 19.1. The van der Waals surface area contributed by atoms with Crippen molar-refractivity contribution >= 4 is 11.9 Å². The van der Waals surface area contributed by atoms with E-state index < -0.39 is 0 Å². The minimum absolute atomic E-state index is 0.109. The van der Waals surface area contributed by atoms with E-state index in [1.54, 1.807) is 24.5 Å². The van der Waals surface area contributed by atoms with E-state index in [9.17, 15) is 4.79 Å². The molecule has 0 fully saturated rings. The molecule has 144 valence electrons. The fourth-order valence-corrected chi connectivity index (χ4v) is 3.67. The van der Waals surface area contributed by atoms with Crippen LogP contribution in [-0.4, -0.2) is 22.4 Å². The van der Waals surface area contributed by atoms with Crippen molar-refractivity contribution in [1.29, 1.82) is 0 Å². The van der Waals surface area contributed by atoms with Crippen LogP contribution in [0, 0.1) is 6.92 Å². The van der Waals surface area contributed by atoms with E-state index in [1.165, 1.54) is 11.1 Å². The molecule has 0 N–H and O–H groups in total. The Kier molecular flexibility index (Phi) is 4.37. The van der Waals surface area contributed by atoms with Crippen molar-refractivity contribution in [1.82, 2.24) is 9.88 Å². The summed E-state index contributed by atoms with van der Waals surface area (Å²) in [5, 5.41) is 0. The zero-order valence-corrected chi connectivity index (χ0v) is 16.1. The van der Waals surface area contributed by atoms with Gasteiger partial charge in [0, 0.05) is 25.5 Å². The normalized spacial score (nSPS) is 16.9. The fourth-order valence-electron chi connectivity index (χ4n) is 3.67. The van der Waals surface area contributed by atoms with Gasteiger partial charge in [0.1, 0.15) is 18.2 Å². The van der Waals surface area contributed by atoms with Crippen LogP contribution in [0.4, 0.5) is 0 Å². The number of hydrogen-bond donors (Lipinski definition) is 0. The molecule has 5 rings (SSSR count). The van der Waals surface area contributed by atoms with Gasteiger partial charge in [-0.15, -0.1) is 0 Å². The summed E-state index contributed by atoms with van der Waals surface area (Å²) >= 11 is 0. The maximum atomic E-state index is 12.8. The number of ketones is 1. The first-order valence-electron chi connectivity index (χ1n) is 9.58. The number of pyridine rings is 1. The van der Waals surface area contributed by atoms with Crippen molar-refractivity contribution in [3.63, 3.8) is 0 Å². The van der Waals surface area contributed by atoms with Crippen LogP contribution in [0.1, 0.15) is 32.6 Å². The number of fused-ring (bicyclic) bond motifs is 3. The highest BCUT2D eigenvalue weighted by Crippen LogP contribution is 2.42. The van der Waals surface area contributed by atoms with E-state index in [0.29, 0.717) is 30.3 Å². The van der Waals surface area contributed by atoms with Crippen molar-refractivity contribution < 1.29 is 14.3 Å². The number of hydrogen-bond acceptors (Lipinski definition) is 5. The molecule has 3 heterocycles. The number of carbonyl (C=O) groups excluding carboxylic acids is 1. The number of aromatic nitrogens is 1. The third-order valence-electron chi connectivity index (χ3n) is 5.19. The van der Waals surface area contributed by atoms with E-state index in [2.05, 4.69) is 41.1 Å². The van der Waals surface area contributed by atoms with E-state index in [-0.39, 0.29) is 5.78 Å². The van der Waals surface area contributed by atoms with Gasteiger partial charge in [-0.25, -0.2) is 0 Å². The minimum Gasteiger partial charge on any atom is -0.478 e. The number of nitrogens with zero attached hydrogens (tertiary/aromatic N) is 2. The summed E-state index contributed by atoms with van der Waals surface area (Å²) < 4.78 is 12.0. The summed E-state index contributed by atoms with van der Waals surface area (Å²) in [6.07, 6.45) is 5.13. The second-order valence-electron chi connectivity index (χ2n) is 7.39. The van der Waals surface area contributed by atoms with Crippen LogP contribution >= 0.6 is 0 Å². The van der Waals surface area contributed by atoms with Crippen molar-refractivity contribution in [2.75, 3.05) is 6.73 Å². The maximum absolute atomic E-state index is 12.8. The topological polar surface area (TPSA) is 51.7 Å². The SMILES string of the molecule is Cc1ccc(CN2COc3ccc4c(c3C2)O/C(=C\c2cccnc2)C4=O)cc1. The van der Waals surface area contributed by atoms with E-state index >= 15 is 0 Å². The molecule has 5 nitrogen and oxygen atoms in total. The molecule has 0 saturated carbocycles. The lowest BCUT2D eigenvalue weighted by Gasteiger charge is -2.29. The quantitative estimate of drug-likeness (QED) is 0.628. The van der Waals surface area contributed by atoms with Gasteiger partial charge < -0.3 is 9.47 Å². The molecule has 3 aromatic rings. The number of aryl methyl sites for hydroxylation is 1. The molecule has 2 aliphatic rings. The van der Waals surface area contributed by atoms with Crippen LogP contribution in [0.25, 0.3) is 6.08 Å². The highest BCUT2D eigenvalue weighted by Gasteiger charge is 2.33. The van der Waals surface area contributed by atoms with Gasteiger partial charge in [0.15, 0.2) is 5.76 Å². The van der Waals surface area contributed by atoms with Crippen molar-refractivity contribution in [2.45, 2.75) is 20.0 Å². The van der Waals surface area contributed by atoms with Crippen LogP contribution in [0.2, 0.25) is 0 Å². The van der Waals surface area contributed by atoms with Crippen LogP contribution in [-0.2, 0) is 13.1 Å². The van der Waals surface area contributed by atoms with Gasteiger partial charge in [0.2, 0.25) is 5.78 Å². The lowest BCUT2D eigenvalue weighted by Crippen LogP contribution is -2.31. The third kappa shape index (κ3) is 3.41. The van der Waals surface area contributed by atoms with Crippen LogP contribution in [0.3, 0.4) is 0 Å². The molecular weight excluding hydrogens is 364 g/mol. The summed E-state index contributed by atoms with van der Waals surface area (Å²) in [5.74, 6) is 1.59. The number of benzene rings is 2. The standard InChI is InChI=1S/C24H20N2O3/c1-16-4-6-17(7-5-16)13-26-14-20-21(28-15-26)9-8-19-23(27)22(29-24(19)20)11-18-3-2-10-25-12-18/h2-12H,13-15H2,1H3/b22-11-. The van der Waals surface area contributed by atoms with Crippen LogP contribution in [0.15, 0.2) is 66.7 Å². The van der Waals surface area contributed by atoms with E-state index in [0.717, 1.165) is 23.4 Å². The number of rotatable bonds is 3. The summed E-state index contributed by atoms with van der Waals surface area (Å²) in [6, 6.07) is 15.9. The summed E-state index contributed by atoms with van der Waals surface area (Å²) in [6.45, 7) is 4.03. The lowest BCUT2D eigenvalue weighted by molar-refractivity contribution is 0.0873. The largest absolute Gasteiger partial charge is 0.478 e. The molecule has 0 unspecified atom stereocenters. The first-order valence-corrected chi connectivity index (χ1v) is 9.58. The Labute approximate surface area is 169 Å². The molecule has 2 aromatic carbocycles. The second kappa shape index (κ2) is 7.18. The Balaban J connectivity index is 1.42. The predicted octanol–water partition coefficient (Wildman–Crippen LogP) is 4.36. The molecule has 0 saturated heterocycles. The van der Waals surface area contributed by atoms with E-state index in [4.69, 9.17) is 9.47 Å². The Hall–Kier alpha value is -3.44. The van der Waals surface area contributed by atoms with Gasteiger partial charge in [0.25, 0.3) is 0 Å². The van der Waals surface area contributed by atoms with Crippen LogP contribution in [0.5, 0.6) is 11.5 Å². The Morgan fingerprint density at radius 2 is 2.00 bits per heavy atom. The molecule has 0 atom stereocenters. The highest BCUT2D eigenvalue weighted by atomic mass is 16.5. The summed E-state index contributed by atoms with van der Waals surface area (Å²) in [7, 11) is 0. The van der Waals surface area contributed by atoms with Gasteiger partial charge >= 0.3 is 0 Å². The van der Waals surface area contributed by atoms with Crippen molar-refractivity contribution in [2.24, 2.45) is 0 Å². The Morgan fingerprint density at radius 1 is 1.14 bits per heavy atom. The van der Waals surface area contributed by atoms with E-state index in [1.807, 2.05) is 18.2 Å². The number of Topliss-reactive ketones (excluding diaryl/α,β-unsaturated/α-hetero) is 1. The lowest BCUT2D eigenvalue weighted by atomic mass is 10.0. The minimum atomic E-state index is -0.109. The maximum Gasteiger partial charge on any atom is 0.231 e. The fraction of sp³-hybridized carbons (Fsp3) is 0.167. The molecule has 1 aromatic heterocycles. The molecule has 0 aliphatic carbocycles. The van der Waals surface area contributed by atoms with Crippen LogP contribution < -0.4 is 9.47 Å². The number of ether oxygens (including phenoxy) is 2. The average molecular weight is 384 g/mol.